The van der Waals surface area contributed by atoms with Crippen molar-refractivity contribution >= 4 is 11.8 Å². The number of cyclic esters (lactones) is 1. The van der Waals surface area contributed by atoms with E-state index >= 15 is 0 Å². The van der Waals surface area contributed by atoms with Crippen molar-refractivity contribution in [2.24, 2.45) is 0 Å². The molecule has 1 aromatic carbocycles. The van der Waals surface area contributed by atoms with Gasteiger partial charge < -0.3 is 10.1 Å². The van der Waals surface area contributed by atoms with Crippen LogP contribution in [0.1, 0.15) is 47.1 Å². The van der Waals surface area contributed by atoms with E-state index < -0.39 is 5.60 Å². The second-order valence-corrected chi connectivity index (χ2v) is 6.72. The monoisotopic (exact) mass is 345 g/mol. The summed E-state index contributed by atoms with van der Waals surface area (Å²) in [5, 5.41) is 3.41. The molecule has 1 atom stereocenters. The third-order valence-corrected chi connectivity index (χ3v) is 4.55. The number of pyridine rings is 2. The van der Waals surface area contributed by atoms with Crippen LogP contribution in [0.4, 0.5) is 5.82 Å². The summed E-state index contributed by atoms with van der Waals surface area (Å²) in [7, 11) is 0. The third-order valence-electron chi connectivity index (χ3n) is 4.55. The van der Waals surface area contributed by atoms with E-state index in [0.717, 1.165) is 16.8 Å². The Morgan fingerprint density at radius 3 is 2.46 bits per heavy atom. The smallest absolute Gasteiger partial charge is 0.343 e. The van der Waals surface area contributed by atoms with Crippen LogP contribution in [0.25, 0.3) is 0 Å². The van der Waals surface area contributed by atoms with Gasteiger partial charge in [-0.05, 0) is 37.6 Å². The number of benzene rings is 1. The van der Waals surface area contributed by atoms with Crippen LogP contribution >= 0.6 is 0 Å². The fourth-order valence-corrected chi connectivity index (χ4v) is 3.27. The fraction of sp³-hybridized carbons (Fsp3) is 0.190. The first-order valence-electron chi connectivity index (χ1n) is 8.51. The second kappa shape index (κ2) is 6.26. The van der Waals surface area contributed by atoms with Crippen molar-refractivity contribution in [3.63, 3.8) is 0 Å². The summed E-state index contributed by atoms with van der Waals surface area (Å²) < 4.78 is 5.52. The van der Waals surface area contributed by atoms with Crippen molar-refractivity contribution in [1.82, 2.24) is 9.97 Å². The number of nitrogens with one attached hydrogen (secondary N) is 1. The average molecular weight is 345 g/mol. The van der Waals surface area contributed by atoms with Gasteiger partial charge in [-0.15, -0.1) is 0 Å². The highest BCUT2D eigenvalue weighted by Gasteiger charge is 2.40. The number of fused-ring (bicyclic) bond motifs is 1. The topological polar surface area (TPSA) is 64.1 Å². The fourth-order valence-electron chi connectivity index (χ4n) is 3.27. The lowest BCUT2D eigenvalue weighted by atomic mass is 9.96. The molecule has 26 heavy (non-hydrogen) atoms. The molecule has 0 radical (unpaired) electrons. The van der Waals surface area contributed by atoms with Gasteiger partial charge in [-0.3, -0.25) is 4.98 Å². The first-order valence-corrected chi connectivity index (χ1v) is 8.51. The lowest BCUT2D eigenvalue weighted by molar-refractivity contribution is 0.00958. The van der Waals surface area contributed by atoms with Gasteiger partial charge in [0.15, 0.2) is 0 Å². The Labute approximate surface area is 152 Å². The van der Waals surface area contributed by atoms with Gasteiger partial charge in [0.2, 0.25) is 0 Å². The molecular weight excluding hydrogens is 326 g/mol. The van der Waals surface area contributed by atoms with Crippen LogP contribution in [0.5, 0.6) is 0 Å². The van der Waals surface area contributed by atoms with Crippen molar-refractivity contribution < 1.29 is 9.53 Å². The highest BCUT2D eigenvalue weighted by Crippen LogP contribution is 2.39. The summed E-state index contributed by atoms with van der Waals surface area (Å²) >= 11 is 0. The van der Waals surface area contributed by atoms with Crippen molar-refractivity contribution in [2.45, 2.75) is 25.5 Å². The minimum atomic E-state index is -0.654. The van der Waals surface area contributed by atoms with E-state index in [1.54, 1.807) is 12.4 Å². The number of carbonyl (C=O) groups excluding carboxylic acids is 1. The van der Waals surface area contributed by atoms with Crippen LogP contribution in [0.3, 0.4) is 0 Å². The van der Waals surface area contributed by atoms with E-state index in [0.29, 0.717) is 11.4 Å². The summed E-state index contributed by atoms with van der Waals surface area (Å²) in [5.74, 6) is 0.158. The summed E-state index contributed by atoms with van der Waals surface area (Å²) in [6, 6.07) is 17.4. The van der Waals surface area contributed by atoms with E-state index in [2.05, 4.69) is 15.3 Å². The third kappa shape index (κ3) is 2.81. The zero-order valence-corrected chi connectivity index (χ0v) is 14.6. The highest BCUT2D eigenvalue weighted by molar-refractivity contribution is 5.99. The number of hydrogen-bond acceptors (Lipinski definition) is 5. The summed E-state index contributed by atoms with van der Waals surface area (Å²) in [6.07, 6.45) is 3.46. The predicted molar refractivity (Wildman–Crippen MR) is 98.8 cm³/mol. The molecule has 2 aromatic heterocycles. The molecule has 1 N–H and O–H groups in total. The zero-order chi connectivity index (χ0) is 18.1. The number of ether oxygens (including phenoxy) is 1. The average Bonchev–Trinajstić information content (AvgIpc) is 2.90. The minimum Gasteiger partial charge on any atom is -0.451 e. The van der Waals surface area contributed by atoms with Gasteiger partial charge >= 0.3 is 5.97 Å². The number of esters is 1. The first-order chi connectivity index (χ1) is 12.6. The minimum absolute atomic E-state index is 0.229. The Kier molecular flexibility index (Phi) is 3.92. The molecular formula is C21H19N3O2. The second-order valence-electron chi connectivity index (χ2n) is 6.72. The number of aromatic nitrogens is 2. The molecule has 0 bridgehead atoms. The molecule has 0 saturated heterocycles. The van der Waals surface area contributed by atoms with Gasteiger partial charge in [-0.25, -0.2) is 9.78 Å². The Morgan fingerprint density at radius 1 is 0.962 bits per heavy atom. The molecule has 0 aliphatic carbocycles. The van der Waals surface area contributed by atoms with Crippen molar-refractivity contribution in [3.05, 3.63) is 89.4 Å². The molecule has 5 nitrogen and oxygen atoms in total. The van der Waals surface area contributed by atoms with Crippen LogP contribution in [0.2, 0.25) is 0 Å². The molecule has 3 aromatic rings. The maximum atomic E-state index is 12.4. The molecule has 0 fully saturated rings. The van der Waals surface area contributed by atoms with Crippen molar-refractivity contribution in [3.8, 4) is 0 Å². The number of nitrogens with zero attached hydrogens (tertiary/aromatic N) is 2. The zero-order valence-electron chi connectivity index (χ0n) is 14.6. The Hall–Kier alpha value is -3.21. The van der Waals surface area contributed by atoms with E-state index in [-0.39, 0.29) is 12.0 Å². The Balaban J connectivity index is 1.79. The lowest BCUT2D eigenvalue weighted by Gasteiger charge is -2.21. The van der Waals surface area contributed by atoms with Crippen LogP contribution in [0, 0.1) is 0 Å². The Morgan fingerprint density at radius 2 is 1.73 bits per heavy atom. The molecule has 3 heterocycles. The van der Waals surface area contributed by atoms with Crippen LogP contribution < -0.4 is 5.32 Å². The van der Waals surface area contributed by atoms with Crippen LogP contribution in [0.15, 0.2) is 67.0 Å². The van der Waals surface area contributed by atoms with Crippen LogP contribution in [-0.4, -0.2) is 15.9 Å². The summed E-state index contributed by atoms with van der Waals surface area (Å²) in [4.78, 5) is 21.3. The molecule has 0 saturated carbocycles. The van der Waals surface area contributed by atoms with Crippen LogP contribution in [-0.2, 0) is 10.3 Å². The number of carbonyl (C=O) groups is 1. The Bertz CT molecular complexity index is 900. The highest BCUT2D eigenvalue weighted by atomic mass is 16.6. The molecule has 0 unspecified atom stereocenters. The lowest BCUT2D eigenvalue weighted by Crippen LogP contribution is -2.17. The molecule has 130 valence electrons. The predicted octanol–water partition coefficient (Wildman–Crippen LogP) is 4.08. The maximum absolute atomic E-state index is 12.4. The van der Waals surface area contributed by atoms with Gasteiger partial charge in [0.1, 0.15) is 17.0 Å². The largest absolute Gasteiger partial charge is 0.451 e. The molecule has 0 amide bonds. The molecule has 5 heteroatoms. The normalized spacial score (nSPS) is 15.8. The van der Waals surface area contributed by atoms with Gasteiger partial charge in [0.25, 0.3) is 0 Å². The maximum Gasteiger partial charge on any atom is 0.343 e. The van der Waals surface area contributed by atoms with Gasteiger partial charge in [-0.1, -0.05) is 36.4 Å². The van der Waals surface area contributed by atoms with Gasteiger partial charge in [0, 0.05) is 18.0 Å². The quantitative estimate of drug-likeness (QED) is 0.722. The van der Waals surface area contributed by atoms with Gasteiger partial charge in [-0.2, -0.15) is 0 Å². The first kappa shape index (κ1) is 16.3. The number of anilines is 1. The SMILES string of the molecule is CC1(C)OC(=O)c2c1ccnc2N[C@@H](c1ccccc1)c1ccccn1. The molecule has 4 rings (SSSR count). The standard InChI is InChI=1S/C21H19N3O2/c1-21(2)15-11-13-23-19(17(15)20(25)26-21)24-18(14-8-4-3-5-9-14)16-10-6-7-12-22-16/h3-13,18H,1-2H3,(H,23,24)/t18-/m0/s1. The molecule has 1 aliphatic heterocycles. The number of rotatable bonds is 4. The van der Waals surface area contributed by atoms with E-state index in [9.17, 15) is 4.79 Å². The van der Waals surface area contributed by atoms with E-state index in [1.807, 2.05) is 68.4 Å². The summed E-state index contributed by atoms with van der Waals surface area (Å²) in [5.41, 5.74) is 2.57. The summed E-state index contributed by atoms with van der Waals surface area (Å²) in [6.45, 7) is 3.77. The van der Waals surface area contributed by atoms with E-state index in [4.69, 9.17) is 4.74 Å². The van der Waals surface area contributed by atoms with E-state index in [1.165, 1.54) is 0 Å². The van der Waals surface area contributed by atoms with Crippen molar-refractivity contribution in [2.75, 3.05) is 5.32 Å². The molecule has 1 aliphatic rings. The van der Waals surface area contributed by atoms with Gasteiger partial charge in [0.05, 0.1) is 11.7 Å². The molecule has 0 spiro atoms. The number of hydrogen-bond donors (Lipinski definition) is 1. The van der Waals surface area contributed by atoms with Crippen molar-refractivity contribution in [1.29, 1.82) is 0 Å².